The molecule has 0 bridgehead atoms. The van der Waals surface area contributed by atoms with Gasteiger partial charge in [-0.1, -0.05) is 11.6 Å². The second-order valence-corrected chi connectivity index (χ2v) is 7.53. The van der Waals surface area contributed by atoms with Gasteiger partial charge in [0.1, 0.15) is 0 Å². The molecule has 0 unspecified atom stereocenters. The zero-order valence-corrected chi connectivity index (χ0v) is 15.5. The Bertz CT molecular complexity index is 725. The number of benzene rings is 1. The predicted molar refractivity (Wildman–Crippen MR) is 100 cm³/mol. The Labute approximate surface area is 151 Å². The van der Waals surface area contributed by atoms with Crippen LogP contribution < -0.4 is 10.2 Å². The van der Waals surface area contributed by atoms with Gasteiger partial charge in [-0.05, 0) is 32.2 Å². The number of anilines is 2. The molecule has 0 radical (unpaired) electrons. The van der Waals surface area contributed by atoms with Crippen LogP contribution in [0, 0.1) is 6.92 Å². The topological polar surface area (TPSA) is 48.5 Å². The molecule has 5 nitrogen and oxygen atoms in total. The third-order valence-corrected chi connectivity index (χ3v) is 5.14. The van der Waals surface area contributed by atoms with E-state index < -0.39 is 0 Å². The molecule has 3 rings (SSSR count). The lowest BCUT2D eigenvalue weighted by atomic mass is 10.2. The quantitative estimate of drug-likeness (QED) is 0.905. The molecule has 0 spiro atoms. The Morgan fingerprint density at radius 3 is 2.75 bits per heavy atom. The third kappa shape index (κ3) is 4.26. The average molecular weight is 365 g/mol. The van der Waals surface area contributed by atoms with E-state index in [9.17, 15) is 4.79 Å². The fourth-order valence-corrected chi connectivity index (χ4v) is 3.56. The van der Waals surface area contributed by atoms with E-state index in [0.29, 0.717) is 5.02 Å². The molecule has 1 aromatic heterocycles. The van der Waals surface area contributed by atoms with Crippen molar-refractivity contribution in [2.45, 2.75) is 13.3 Å². The van der Waals surface area contributed by atoms with Gasteiger partial charge in [-0.2, -0.15) is 0 Å². The van der Waals surface area contributed by atoms with Gasteiger partial charge in [-0.3, -0.25) is 4.79 Å². The Morgan fingerprint density at radius 2 is 2.08 bits per heavy atom. The summed E-state index contributed by atoms with van der Waals surface area (Å²) >= 11 is 7.69. The molecule has 7 heteroatoms. The van der Waals surface area contributed by atoms with E-state index in [4.69, 9.17) is 11.6 Å². The van der Waals surface area contributed by atoms with Gasteiger partial charge in [0.15, 0.2) is 0 Å². The summed E-state index contributed by atoms with van der Waals surface area (Å²) in [5.41, 5.74) is 2.59. The number of nitrogens with one attached hydrogen (secondary N) is 1. The van der Waals surface area contributed by atoms with Gasteiger partial charge in [-0.15, -0.1) is 11.3 Å². The molecule has 1 fully saturated rings. The van der Waals surface area contributed by atoms with Crippen molar-refractivity contribution in [3.8, 4) is 0 Å². The van der Waals surface area contributed by atoms with E-state index in [2.05, 4.69) is 27.1 Å². The lowest BCUT2D eigenvalue weighted by Crippen LogP contribution is -2.44. The van der Waals surface area contributed by atoms with E-state index in [0.717, 1.165) is 48.3 Å². The maximum Gasteiger partial charge on any atom is 0.230 e. The largest absolute Gasteiger partial charge is 0.367 e. The highest BCUT2D eigenvalue weighted by Gasteiger charge is 2.18. The van der Waals surface area contributed by atoms with Crippen LogP contribution in [0.4, 0.5) is 11.4 Å². The summed E-state index contributed by atoms with van der Waals surface area (Å²) in [7, 11) is 2.12. The average Bonchev–Trinajstić information content (AvgIpc) is 2.93. The lowest BCUT2D eigenvalue weighted by molar-refractivity contribution is -0.115. The first-order valence-corrected chi connectivity index (χ1v) is 9.21. The minimum atomic E-state index is -0.0713. The zero-order chi connectivity index (χ0) is 17.1. The smallest absolute Gasteiger partial charge is 0.230 e. The highest BCUT2D eigenvalue weighted by Crippen LogP contribution is 2.30. The molecule has 24 heavy (non-hydrogen) atoms. The first-order valence-electron chi connectivity index (χ1n) is 7.95. The van der Waals surface area contributed by atoms with Crippen LogP contribution >= 0.6 is 22.9 Å². The fraction of sp³-hybridized carbons (Fsp3) is 0.412. The third-order valence-electron chi connectivity index (χ3n) is 4.08. The number of carbonyl (C=O) groups excluding carboxylic acids is 1. The van der Waals surface area contributed by atoms with Gasteiger partial charge in [0, 0.05) is 36.6 Å². The molecule has 1 aromatic carbocycles. The monoisotopic (exact) mass is 364 g/mol. The molecule has 0 aliphatic carbocycles. The Kier molecular flexibility index (Phi) is 5.38. The Hall–Kier alpha value is -1.63. The van der Waals surface area contributed by atoms with Gasteiger partial charge in [0.05, 0.1) is 28.5 Å². The number of hydrogen-bond acceptors (Lipinski definition) is 5. The standard InChI is InChI=1S/C17H21ClN4OS/c1-12-19-14(11-24-12)10-17(23)20-15-9-13(18)3-4-16(15)22-7-5-21(2)6-8-22/h3-4,9,11H,5-8,10H2,1-2H3,(H,20,23). The molecular weight excluding hydrogens is 344 g/mol. The Balaban J connectivity index is 1.74. The van der Waals surface area contributed by atoms with Gasteiger partial charge in [0.25, 0.3) is 0 Å². The van der Waals surface area contributed by atoms with E-state index in [1.807, 2.05) is 30.5 Å². The summed E-state index contributed by atoms with van der Waals surface area (Å²) in [4.78, 5) is 21.3. The molecule has 128 valence electrons. The minimum absolute atomic E-state index is 0.0713. The molecular formula is C17H21ClN4OS. The molecule has 2 heterocycles. The summed E-state index contributed by atoms with van der Waals surface area (Å²) in [5.74, 6) is -0.0713. The number of aryl methyl sites for hydroxylation is 1. The number of piperazine rings is 1. The maximum atomic E-state index is 12.4. The summed E-state index contributed by atoms with van der Waals surface area (Å²) in [5, 5.41) is 6.52. The van der Waals surface area contributed by atoms with Gasteiger partial charge >= 0.3 is 0 Å². The van der Waals surface area contributed by atoms with E-state index in [1.54, 1.807) is 11.3 Å². The number of thiazole rings is 1. The summed E-state index contributed by atoms with van der Waals surface area (Å²) < 4.78 is 0. The SMILES string of the molecule is Cc1nc(CC(=O)Nc2cc(Cl)ccc2N2CCN(C)CC2)cs1. The van der Waals surface area contributed by atoms with Crippen molar-refractivity contribution < 1.29 is 4.79 Å². The number of likely N-dealkylation sites (N-methyl/N-ethyl adjacent to an activating group) is 1. The van der Waals surface area contributed by atoms with Gasteiger partial charge in [-0.25, -0.2) is 4.98 Å². The number of rotatable bonds is 4. The van der Waals surface area contributed by atoms with Crippen LogP contribution in [0.5, 0.6) is 0 Å². The number of nitrogens with zero attached hydrogens (tertiary/aromatic N) is 3. The number of carbonyl (C=O) groups is 1. The second-order valence-electron chi connectivity index (χ2n) is 6.03. The molecule has 1 amide bonds. The van der Waals surface area contributed by atoms with Crippen LogP contribution in [0.15, 0.2) is 23.6 Å². The molecule has 0 saturated carbocycles. The van der Waals surface area contributed by atoms with Crippen molar-refractivity contribution in [3.63, 3.8) is 0 Å². The van der Waals surface area contributed by atoms with Gasteiger partial charge < -0.3 is 15.1 Å². The van der Waals surface area contributed by atoms with E-state index >= 15 is 0 Å². The fourth-order valence-electron chi connectivity index (χ4n) is 2.78. The number of halogens is 1. The van der Waals surface area contributed by atoms with Gasteiger partial charge in [0.2, 0.25) is 5.91 Å². The van der Waals surface area contributed by atoms with Crippen molar-refractivity contribution in [3.05, 3.63) is 39.3 Å². The van der Waals surface area contributed by atoms with Crippen LogP contribution in [-0.4, -0.2) is 49.0 Å². The highest BCUT2D eigenvalue weighted by atomic mass is 35.5. The molecule has 1 aliphatic heterocycles. The van der Waals surface area contributed by atoms with Crippen molar-refractivity contribution in [2.75, 3.05) is 43.4 Å². The number of aromatic nitrogens is 1. The second kappa shape index (κ2) is 7.51. The molecule has 0 atom stereocenters. The lowest BCUT2D eigenvalue weighted by Gasteiger charge is -2.35. The van der Waals surface area contributed by atoms with Crippen molar-refractivity contribution in [1.29, 1.82) is 0 Å². The molecule has 1 saturated heterocycles. The van der Waals surface area contributed by atoms with Crippen LogP contribution in [0.25, 0.3) is 0 Å². The summed E-state index contributed by atoms with van der Waals surface area (Å²) in [6.45, 7) is 5.83. The predicted octanol–water partition coefficient (Wildman–Crippen LogP) is 3.04. The summed E-state index contributed by atoms with van der Waals surface area (Å²) in [6.07, 6.45) is 0.277. The van der Waals surface area contributed by atoms with E-state index in [-0.39, 0.29) is 12.3 Å². The normalized spacial score (nSPS) is 15.5. The van der Waals surface area contributed by atoms with Crippen LogP contribution in [0.3, 0.4) is 0 Å². The molecule has 2 aromatic rings. The first kappa shape index (κ1) is 17.2. The zero-order valence-electron chi connectivity index (χ0n) is 13.9. The molecule has 1 aliphatic rings. The van der Waals surface area contributed by atoms with Crippen molar-refractivity contribution >= 4 is 40.2 Å². The van der Waals surface area contributed by atoms with Crippen molar-refractivity contribution in [1.82, 2.24) is 9.88 Å². The summed E-state index contributed by atoms with van der Waals surface area (Å²) in [6, 6.07) is 5.67. The number of amides is 1. The number of hydrogen-bond donors (Lipinski definition) is 1. The van der Waals surface area contributed by atoms with Crippen LogP contribution in [0.2, 0.25) is 5.02 Å². The highest BCUT2D eigenvalue weighted by molar-refractivity contribution is 7.09. The Morgan fingerprint density at radius 1 is 1.33 bits per heavy atom. The van der Waals surface area contributed by atoms with Crippen LogP contribution in [-0.2, 0) is 11.2 Å². The maximum absolute atomic E-state index is 12.4. The molecule has 1 N–H and O–H groups in total. The van der Waals surface area contributed by atoms with E-state index in [1.165, 1.54) is 0 Å². The van der Waals surface area contributed by atoms with Crippen molar-refractivity contribution in [2.24, 2.45) is 0 Å². The van der Waals surface area contributed by atoms with Crippen LogP contribution in [0.1, 0.15) is 10.7 Å². The first-order chi connectivity index (χ1) is 11.5. The minimum Gasteiger partial charge on any atom is -0.367 e.